The SMILES string of the molecule is CCc1csc(=O)n1CC(=O)O. The summed E-state index contributed by atoms with van der Waals surface area (Å²) in [6.07, 6.45) is 0.687. The quantitative estimate of drug-likeness (QED) is 0.752. The number of thiazole rings is 1. The van der Waals surface area contributed by atoms with Crippen molar-refractivity contribution in [1.29, 1.82) is 0 Å². The Balaban J connectivity index is 3.02. The van der Waals surface area contributed by atoms with E-state index in [1.165, 1.54) is 4.57 Å². The van der Waals surface area contributed by atoms with Gasteiger partial charge in [-0.15, -0.1) is 0 Å². The van der Waals surface area contributed by atoms with Crippen molar-refractivity contribution in [1.82, 2.24) is 4.57 Å². The average Bonchev–Trinajstić information content (AvgIpc) is 2.32. The van der Waals surface area contributed by atoms with Gasteiger partial charge in [-0.1, -0.05) is 18.3 Å². The van der Waals surface area contributed by atoms with Crippen LogP contribution in [0.3, 0.4) is 0 Å². The van der Waals surface area contributed by atoms with E-state index in [0.717, 1.165) is 17.0 Å². The summed E-state index contributed by atoms with van der Waals surface area (Å²) < 4.78 is 1.28. The number of aromatic nitrogens is 1. The smallest absolute Gasteiger partial charge is 0.323 e. The molecule has 0 spiro atoms. The zero-order valence-electron chi connectivity index (χ0n) is 6.61. The summed E-state index contributed by atoms with van der Waals surface area (Å²) in [7, 11) is 0. The fourth-order valence-corrected chi connectivity index (χ4v) is 1.78. The van der Waals surface area contributed by atoms with E-state index in [1.54, 1.807) is 5.38 Å². The van der Waals surface area contributed by atoms with Gasteiger partial charge in [-0.25, -0.2) is 0 Å². The highest BCUT2D eigenvalue weighted by atomic mass is 32.1. The van der Waals surface area contributed by atoms with Gasteiger partial charge in [0.2, 0.25) is 0 Å². The van der Waals surface area contributed by atoms with Crippen molar-refractivity contribution in [3.05, 3.63) is 20.7 Å². The van der Waals surface area contributed by atoms with Crippen molar-refractivity contribution in [2.75, 3.05) is 0 Å². The van der Waals surface area contributed by atoms with Crippen LogP contribution in [-0.4, -0.2) is 15.6 Å². The summed E-state index contributed by atoms with van der Waals surface area (Å²) in [6, 6.07) is 0. The van der Waals surface area contributed by atoms with Crippen LogP contribution in [0.15, 0.2) is 10.2 Å². The van der Waals surface area contributed by atoms with E-state index < -0.39 is 5.97 Å². The molecule has 1 aromatic rings. The number of rotatable bonds is 3. The molecular weight excluding hydrogens is 178 g/mol. The summed E-state index contributed by atoms with van der Waals surface area (Å²) in [5.74, 6) is -0.981. The predicted molar refractivity (Wildman–Crippen MR) is 45.6 cm³/mol. The molecule has 0 aromatic carbocycles. The highest BCUT2D eigenvalue weighted by molar-refractivity contribution is 7.07. The number of carboxylic acid groups (broad SMARTS) is 1. The first-order valence-corrected chi connectivity index (χ1v) is 4.42. The molecule has 1 heterocycles. The molecule has 1 aromatic heterocycles. The molecule has 0 fully saturated rings. The number of aliphatic carboxylic acids is 1. The van der Waals surface area contributed by atoms with Crippen molar-refractivity contribution < 1.29 is 9.90 Å². The van der Waals surface area contributed by atoms with Gasteiger partial charge in [0.1, 0.15) is 6.54 Å². The van der Waals surface area contributed by atoms with Gasteiger partial charge in [0.25, 0.3) is 0 Å². The van der Waals surface area contributed by atoms with E-state index in [1.807, 2.05) is 6.92 Å². The summed E-state index contributed by atoms with van der Waals surface area (Å²) >= 11 is 1.04. The van der Waals surface area contributed by atoms with Crippen LogP contribution in [0.1, 0.15) is 12.6 Å². The van der Waals surface area contributed by atoms with E-state index in [0.29, 0.717) is 6.42 Å². The van der Waals surface area contributed by atoms with Gasteiger partial charge in [-0.05, 0) is 6.42 Å². The summed E-state index contributed by atoms with van der Waals surface area (Å²) in [5.41, 5.74) is 0.785. The van der Waals surface area contributed by atoms with Crippen LogP contribution in [0, 0.1) is 0 Å². The van der Waals surface area contributed by atoms with Gasteiger partial charge in [0.15, 0.2) is 0 Å². The van der Waals surface area contributed by atoms with Crippen molar-refractivity contribution in [3.63, 3.8) is 0 Å². The molecule has 0 unspecified atom stereocenters. The topological polar surface area (TPSA) is 59.3 Å². The van der Waals surface area contributed by atoms with Gasteiger partial charge in [-0.2, -0.15) is 0 Å². The second-order valence-corrected chi connectivity index (χ2v) is 3.15. The summed E-state index contributed by atoms with van der Waals surface area (Å²) in [4.78, 5) is 21.2. The molecule has 1 N–H and O–H groups in total. The van der Waals surface area contributed by atoms with Gasteiger partial charge in [-0.3, -0.25) is 14.2 Å². The zero-order chi connectivity index (χ0) is 9.14. The first-order chi connectivity index (χ1) is 5.65. The Bertz CT molecular complexity index is 339. The molecule has 0 bridgehead atoms. The lowest BCUT2D eigenvalue weighted by atomic mass is 10.4. The predicted octanol–water partition coefficient (Wildman–Crippen LogP) is 0.557. The normalized spacial score (nSPS) is 10.1. The lowest BCUT2D eigenvalue weighted by molar-refractivity contribution is -0.137. The number of carboxylic acids is 1. The van der Waals surface area contributed by atoms with Crippen LogP contribution in [0.2, 0.25) is 0 Å². The van der Waals surface area contributed by atoms with Crippen LogP contribution in [0.25, 0.3) is 0 Å². The average molecular weight is 187 g/mol. The molecule has 66 valence electrons. The standard InChI is InChI=1S/C7H9NO3S/c1-2-5-4-12-7(11)8(5)3-6(9)10/h4H,2-3H2,1H3,(H,9,10). The lowest BCUT2D eigenvalue weighted by Crippen LogP contribution is -2.20. The molecule has 0 amide bonds. The highest BCUT2D eigenvalue weighted by Gasteiger charge is 2.07. The fraction of sp³-hybridized carbons (Fsp3) is 0.429. The Hall–Kier alpha value is -1.10. The maximum atomic E-state index is 11.1. The molecule has 0 saturated carbocycles. The maximum Gasteiger partial charge on any atom is 0.323 e. The van der Waals surface area contributed by atoms with Crippen LogP contribution >= 0.6 is 11.3 Å². The molecule has 0 aliphatic rings. The molecule has 4 nitrogen and oxygen atoms in total. The Labute approximate surface area is 73.1 Å². The van der Waals surface area contributed by atoms with E-state index in [-0.39, 0.29) is 11.4 Å². The molecule has 5 heteroatoms. The monoisotopic (exact) mass is 187 g/mol. The number of aryl methyl sites for hydroxylation is 1. The highest BCUT2D eigenvalue weighted by Crippen LogP contribution is 2.01. The third-order valence-electron chi connectivity index (χ3n) is 1.52. The molecule has 0 aliphatic heterocycles. The first-order valence-electron chi connectivity index (χ1n) is 3.54. The second-order valence-electron chi connectivity index (χ2n) is 2.33. The molecule has 1 rings (SSSR count). The minimum atomic E-state index is -0.981. The van der Waals surface area contributed by atoms with Gasteiger partial charge in [0.05, 0.1) is 0 Å². The van der Waals surface area contributed by atoms with E-state index in [2.05, 4.69) is 0 Å². The van der Waals surface area contributed by atoms with Crippen LogP contribution < -0.4 is 4.87 Å². The van der Waals surface area contributed by atoms with Gasteiger partial charge >= 0.3 is 10.8 Å². The fourth-order valence-electron chi connectivity index (χ4n) is 0.938. The maximum absolute atomic E-state index is 11.1. The minimum absolute atomic E-state index is 0.200. The largest absolute Gasteiger partial charge is 0.480 e. The van der Waals surface area contributed by atoms with Crippen molar-refractivity contribution in [2.45, 2.75) is 19.9 Å². The van der Waals surface area contributed by atoms with E-state index >= 15 is 0 Å². The third-order valence-corrected chi connectivity index (χ3v) is 2.33. The molecular formula is C7H9NO3S. The van der Waals surface area contributed by atoms with E-state index in [4.69, 9.17) is 5.11 Å². The van der Waals surface area contributed by atoms with Crippen LogP contribution in [0.5, 0.6) is 0 Å². The molecule has 0 radical (unpaired) electrons. The van der Waals surface area contributed by atoms with Crippen molar-refractivity contribution >= 4 is 17.3 Å². The van der Waals surface area contributed by atoms with Crippen LogP contribution in [0.4, 0.5) is 0 Å². The summed E-state index contributed by atoms with van der Waals surface area (Å²) in [5, 5.41) is 10.2. The zero-order valence-corrected chi connectivity index (χ0v) is 7.43. The van der Waals surface area contributed by atoms with Crippen LogP contribution in [-0.2, 0) is 17.8 Å². The Morgan fingerprint density at radius 1 is 1.75 bits per heavy atom. The number of hydrogen-bond acceptors (Lipinski definition) is 3. The Kier molecular flexibility index (Phi) is 2.65. The minimum Gasteiger partial charge on any atom is -0.480 e. The number of nitrogens with zero attached hydrogens (tertiary/aromatic N) is 1. The molecule has 0 aliphatic carbocycles. The first kappa shape index (κ1) is 8.99. The van der Waals surface area contributed by atoms with Gasteiger partial charge < -0.3 is 5.11 Å². The van der Waals surface area contributed by atoms with E-state index in [9.17, 15) is 9.59 Å². The Morgan fingerprint density at radius 3 is 2.92 bits per heavy atom. The molecule has 12 heavy (non-hydrogen) atoms. The molecule has 0 saturated heterocycles. The number of carbonyl (C=O) groups is 1. The summed E-state index contributed by atoms with van der Waals surface area (Å²) in [6.45, 7) is 1.66. The van der Waals surface area contributed by atoms with Gasteiger partial charge in [0, 0.05) is 11.1 Å². The second kappa shape index (κ2) is 3.53. The van der Waals surface area contributed by atoms with Crippen molar-refractivity contribution in [3.8, 4) is 0 Å². The molecule has 0 atom stereocenters. The van der Waals surface area contributed by atoms with Crippen molar-refractivity contribution in [2.24, 2.45) is 0 Å². The lowest BCUT2D eigenvalue weighted by Gasteiger charge is -2.00. The number of hydrogen-bond donors (Lipinski definition) is 1. The third kappa shape index (κ3) is 1.73. The Morgan fingerprint density at radius 2 is 2.42 bits per heavy atom.